The molecular weight excluding hydrogens is 196 g/mol. The first-order valence-corrected chi connectivity index (χ1v) is 5.53. The predicted octanol–water partition coefficient (Wildman–Crippen LogP) is 2.52. The third kappa shape index (κ3) is 1.37. The molecule has 0 aliphatic heterocycles. The summed E-state index contributed by atoms with van der Waals surface area (Å²) in [5.41, 5.74) is 2.73. The molecule has 3 heteroatoms. The van der Waals surface area contributed by atoms with Crippen LogP contribution >= 0.6 is 11.6 Å². The van der Waals surface area contributed by atoms with Crippen molar-refractivity contribution in [3.63, 3.8) is 0 Å². The molecule has 1 aromatic rings. The second kappa shape index (κ2) is 3.59. The monoisotopic (exact) mass is 212 g/mol. The van der Waals surface area contributed by atoms with E-state index in [1.807, 2.05) is 18.7 Å². The number of nitrogens with one attached hydrogen (secondary N) is 1. The quantitative estimate of drug-likeness (QED) is 0.757. The summed E-state index contributed by atoms with van der Waals surface area (Å²) in [5, 5.41) is 4.29. The first kappa shape index (κ1) is 10.1. The number of fused-ring (bicyclic) bond motifs is 1. The highest BCUT2D eigenvalue weighted by atomic mass is 35.5. The maximum atomic E-state index is 6.23. The van der Waals surface area contributed by atoms with Gasteiger partial charge in [-0.1, -0.05) is 18.5 Å². The van der Waals surface area contributed by atoms with Crippen LogP contribution in [0.4, 0.5) is 0 Å². The van der Waals surface area contributed by atoms with E-state index < -0.39 is 0 Å². The lowest BCUT2D eigenvalue weighted by Gasteiger charge is -2.28. The van der Waals surface area contributed by atoms with E-state index in [4.69, 9.17) is 11.6 Å². The Morgan fingerprint density at radius 1 is 1.57 bits per heavy atom. The molecule has 1 aliphatic rings. The number of halogens is 1. The minimum atomic E-state index is 0.470. The summed E-state index contributed by atoms with van der Waals surface area (Å²) in [7, 11) is 4.04. The van der Waals surface area contributed by atoms with Crippen LogP contribution in [-0.4, -0.2) is 11.6 Å². The van der Waals surface area contributed by atoms with Crippen LogP contribution in [0.3, 0.4) is 0 Å². The fourth-order valence-corrected chi connectivity index (χ4v) is 2.73. The van der Waals surface area contributed by atoms with Gasteiger partial charge in [0.1, 0.15) is 5.15 Å². The van der Waals surface area contributed by atoms with Crippen LogP contribution in [0, 0.1) is 5.92 Å². The number of nitrogens with zero attached hydrogens (tertiary/aromatic N) is 1. The van der Waals surface area contributed by atoms with Gasteiger partial charge in [0.15, 0.2) is 0 Å². The van der Waals surface area contributed by atoms with Gasteiger partial charge in [-0.3, -0.25) is 0 Å². The van der Waals surface area contributed by atoms with Crippen LogP contribution < -0.4 is 5.32 Å². The van der Waals surface area contributed by atoms with E-state index >= 15 is 0 Å². The zero-order valence-corrected chi connectivity index (χ0v) is 9.73. The minimum Gasteiger partial charge on any atom is -0.341 e. The van der Waals surface area contributed by atoms with E-state index in [0.29, 0.717) is 12.0 Å². The van der Waals surface area contributed by atoms with E-state index in [0.717, 1.165) is 11.6 Å². The van der Waals surface area contributed by atoms with E-state index in [-0.39, 0.29) is 0 Å². The summed E-state index contributed by atoms with van der Waals surface area (Å²) in [6.45, 7) is 2.30. The zero-order valence-electron chi connectivity index (χ0n) is 8.97. The Labute approximate surface area is 90.3 Å². The summed E-state index contributed by atoms with van der Waals surface area (Å²) < 4.78 is 2.02. The van der Waals surface area contributed by atoms with E-state index in [1.54, 1.807) is 0 Å². The lowest BCUT2D eigenvalue weighted by molar-refractivity contribution is 0.365. The summed E-state index contributed by atoms with van der Waals surface area (Å²) in [6.07, 6.45) is 4.51. The van der Waals surface area contributed by atoms with Gasteiger partial charge in [0.05, 0.1) is 0 Å². The average molecular weight is 213 g/mol. The van der Waals surface area contributed by atoms with Crippen LogP contribution in [0.5, 0.6) is 0 Å². The summed E-state index contributed by atoms with van der Waals surface area (Å²) in [4.78, 5) is 0. The fraction of sp³-hybridized carbons (Fsp3) is 0.636. The van der Waals surface area contributed by atoms with Crippen molar-refractivity contribution < 1.29 is 0 Å². The van der Waals surface area contributed by atoms with Crippen molar-refractivity contribution in [3.05, 3.63) is 22.5 Å². The van der Waals surface area contributed by atoms with E-state index in [2.05, 4.69) is 18.4 Å². The van der Waals surface area contributed by atoms with Gasteiger partial charge in [-0.05, 0) is 36.9 Å². The molecule has 0 radical (unpaired) electrons. The lowest BCUT2D eigenvalue weighted by Crippen LogP contribution is -2.27. The molecule has 0 spiro atoms. The Kier molecular flexibility index (Phi) is 2.58. The third-order valence-corrected chi connectivity index (χ3v) is 3.80. The highest BCUT2D eigenvalue weighted by molar-refractivity contribution is 6.30. The number of hydrogen-bond donors (Lipinski definition) is 1. The van der Waals surface area contributed by atoms with Crippen molar-refractivity contribution in [2.24, 2.45) is 13.0 Å². The van der Waals surface area contributed by atoms with Crippen molar-refractivity contribution >= 4 is 11.6 Å². The Hall–Kier alpha value is -0.470. The molecule has 1 heterocycles. The van der Waals surface area contributed by atoms with Crippen molar-refractivity contribution in [3.8, 4) is 0 Å². The van der Waals surface area contributed by atoms with Crippen LogP contribution in [0.2, 0.25) is 5.15 Å². The van der Waals surface area contributed by atoms with Gasteiger partial charge in [0.2, 0.25) is 0 Å². The van der Waals surface area contributed by atoms with Crippen molar-refractivity contribution in [1.29, 1.82) is 0 Å². The normalized spacial score (nSPS) is 26.3. The first-order valence-electron chi connectivity index (χ1n) is 5.16. The molecule has 2 nitrogen and oxygen atoms in total. The largest absolute Gasteiger partial charge is 0.341 e. The SMILES string of the molecule is CNC1c2cn(C)c(Cl)c2CCC1C. The molecule has 0 saturated carbocycles. The second-order valence-electron chi connectivity index (χ2n) is 4.25. The van der Waals surface area contributed by atoms with Gasteiger partial charge in [0, 0.05) is 19.3 Å². The third-order valence-electron chi connectivity index (χ3n) is 3.30. The van der Waals surface area contributed by atoms with Crippen LogP contribution in [-0.2, 0) is 13.5 Å². The van der Waals surface area contributed by atoms with E-state index in [9.17, 15) is 0 Å². The Morgan fingerprint density at radius 2 is 2.29 bits per heavy atom. The molecule has 1 N–H and O–H groups in total. The van der Waals surface area contributed by atoms with Crippen LogP contribution in [0.1, 0.15) is 30.5 Å². The molecule has 2 unspecified atom stereocenters. The number of hydrogen-bond acceptors (Lipinski definition) is 1. The van der Waals surface area contributed by atoms with Gasteiger partial charge in [-0.25, -0.2) is 0 Å². The molecule has 1 aliphatic carbocycles. The van der Waals surface area contributed by atoms with Gasteiger partial charge < -0.3 is 9.88 Å². The molecule has 0 aromatic carbocycles. The molecule has 78 valence electrons. The summed E-state index contributed by atoms with van der Waals surface area (Å²) in [5.74, 6) is 0.700. The van der Waals surface area contributed by atoms with Gasteiger partial charge in [-0.2, -0.15) is 0 Å². The standard InChI is InChI=1S/C11H17ClN2/c1-7-4-5-8-9(10(7)13-2)6-14(3)11(8)12/h6-7,10,13H,4-5H2,1-3H3. The molecule has 2 atom stereocenters. The molecular formula is C11H17ClN2. The van der Waals surface area contributed by atoms with Gasteiger partial charge in [0.25, 0.3) is 0 Å². The van der Waals surface area contributed by atoms with Crippen molar-refractivity contribution in [1.82, 2.24) is 9.88 Å². The van der Waals surface area contributed by atoms with Crippen molar-refractivity contribution in [2.75, 3.05) is 7.05 Å². The topological polar surface area (TPSA) is 17.0 Å². The zero-order chi connectivity index (χ0) is 10.3. The Morgan fingerprint density at radius 3 is 2.93 bits per heavy atom. The van der Waals surface area contributed by atoms with Gasteiger partial charge >= 0.3 is 0 Å². The smallest absolute Gasteiger partial charge is 0.112 e. The lowest BCUT2D eigenvalue weighted by atomic mass is 9.83. The van der Waals surface area contributed by atoms with Crippen LogP contribution in [0.25, 0.3) is 0 Å². The maximum absolute atomic E-state index is 6.23. The molecule has 0 fully saturated rings. The average Bonchev–Trinajstić information content (AvgIpc) is 2.43. The fourth-order valence-electron chi connectivity index (χ4n) is 2.48. The number of aryl methyl sites for hydroxylation is 1. The minimum absolute atomic E-state index is 0.470. The molecule has 0 amide bonds. The Bertz CT molecular complexity index is 343. The van der Waals surface area contributed by atoms with Crippen LogP contribution in [0.15, 0.2) is 6.20 Å². The first-order chi connectivity index (χ1) is 6.65. The van der Waals surface area contributed by atoms with E-state index in [1.165, 1.54) is 17.5 Å². The van der Waals surface area contributed by atoms with Gasteiger partial charge in [-0.15, -0.1) is 0 Å². The summed E-state index contributed by atoms with van der Waals surface area (Å²) in [6, 6.07) is 0.470. The molecule has 14 heavy (non-hydrogen) atoms. The molecule has 0 bridgehead atoms. The summed E-state index contributed by atoms with van der Waals surface area (Å²) >= 11 is 6.23. The Balaban J connectivity index is 2.47. The molecule has 0 saturated heterocycles. The highest BCUT2D eigenvalue weighted by Crippen LogP contribution is 2.38. The van der Waals surface area contributed by atoms with Crippen molar-refractivity contribution in [2.45, 2.75) is 25.8 Å². The maximum Gasteiger partial charge on any atom is 0.112 e. The predicted molar refractivity (Wildman–Crippen MR) is 59.7 cm³/mol. The molecule has 2 rings (SSSR count). The molecule has 1 aromatic heterocycles. The number of rotatable bonds is 1. The number of aromatic nitrogens is 1. The highest BCUT2D eigenvalue weighted by Gasteiger charge is 2.28. The second-order valence-corrected chi connectivity index (χ2v) is 4.61.